The summed E-state index contributed by atoms with van der Waals surface area (Å²) in [6.45, 7) is 4.40. The van der Waals surface area contributed by atoms with E-state index in [4.69, 9.17) is 4.74 Å². The Hall–Kier alpha value is -2.38. The van der Waals surface area contributed by atoms with Gasteiger partial charge >= 0.3 is 0 Å². The Morgan fingerprint density at radius 2 is 1.85 bits per heavy atom. The number of rotatable bonds is 6. The van der Waals surface area contributed by atoms with Crippen molar-refractivity contribution in [2.75, 3.05) is 18.6 Å². The van der Waals surface area contributed by atoms with Crippen molar-refractivity contribution in [2.45, 2.75) is 37.6 Å². The van der Waals surface area contributed by atoms with Gasteiger partial charge in [0.1, 0.15) is 5.75 Å². The van der Waals surface area contributed by atoms with Crippen LogP contribution in [0.3, 0.4) is 0 Å². The van der Waals surface area contributed by atoms with Crippen molar-refractivity contribution < 1.29 is 17.9 Å². The van der Waals surface area contributed by atoms with Gasteiger partial charge < -0.3 is 9.64 Å². The van der Waals surface area contributed by atoms with Crippen LogP contribution in [-0.2, 0) is 14.8 Å². The summed E-state index contributed by atoms with van der Waals surface area (Å²) >= 11 is 0. The van der Waals surface area contributed by atoms with Crippen LogP contribution in [0.25, 0.3) is 0 Å². The number of nitrogens with zero attached hydrogens (tertiary/aromatic N) is 1. The summed E-state index contributed by atoms with van der Waals surface area (Å²) in [6.07, 6.45) is 1.37. The van der Waals surface area contributed by atoms with Crippen molar-refractivity contribution in [3.63, 3.8) is 0 Å². The number of benzene rings is 2. The van der Waals surface area contributed by atoms with Gasteiger partial charge in [0.15, 0.2) is 0 Å². The molecule has 1 atom stereocenters. The average molecular weight is 388 g/mol. The maximum absolute atomic E-state index is 12.8. The minimum Gasteiger partial charge on any atom is -0.496 e. The molecule has 0 radical (unpaired) electrons. The van der Waals surface area contributed by atoms with Crippen LogP contribution < -0.4 is 14.4 Å². The van der Waals surface area contributed by atoms with Gasteiger partial charge in [0, 0.05) is 30.3 Å². The van der Waals surface area contributed by atoms with Gasteiger partial charge in [-0.05, 0) is 50.6 Å². The Labute approximate surface area is 160 Å². The molecule has 1 aliphatic rings. The van der Waals surface area contributed by atoms with Crippen molar-refractivity contribution in [1.82, 2.24) is 4.72 Å². The highest BCUT2D eigenvalue weighted by molar-refractivity contribution is 7.89. The van der Waals surface area contributed by atoms with Crippen molar-refractivity contribution in [2.24, 2.45) is 0 Å². The Balaban J connectivity index is 1.80. The molecule has 27 heavy (non-hydrogen) atoms. The molecule has 1 fully saturated rings. The van der Waals surface area contributed by atoms with Gasteiger partial charge in [-0.25, -0.2) is 13.1 Å². The van der Waals surface area contributed by atoms with E-state index in [-0.39, 0.29) is 10.8 Å². The number of nitrogens with one attached hydrogen (secondary N) is 1. The smallest absolute Gasteiger partial charge is 0.241 e. The first-order chi connectivity index (χ1) is 12.8. The SMILES string of the molecule is COc1ccc(C)cc1[C@@H](C)NS(=O)(=O)c1ccc(N2CCCC2=O)cc1. The zero-order valence-corrected chi connectivity index (χ0v) is 16.5. The van der Waals surface area contributed by atoms with Crippen molar-refractivity contribution in [3.05, 3.63) is 53.6 Å². The van der Waals surface area contributed by atoms with Crippen LogP contribution in [0.5, 0.6) is 5.75 Å². The maximum Gasteiger partial charge on any atom is 0.241 e. The zero-order valence-electron chi connectivity index (χ0n) is 15.7. The first kappa shape index (κ1) is 19.4. The first-order valence-electron chi connectivity index (χ1n) is 8.89. The van der Waals surface area contributed by atoms with Crippen LogP contribution in [0.2, 0.25) is 0 Å². The van der Waals surface area contributed by atoms with Crippen molar-refractivity contribution in [3.8, 4) is 5.75 Å². The standard InChI is InChI=1S/C20H24N2O4S/c1-14-6-11-19(26-3)18(13-14)15(2)21-27(24,25)17-9-7-16(8-10-17)22-12-4-5-20(22)23/h6-11,13,15,21H,4-5,12H2,1-3H3/t15-/m1/s1. The number of carbonyl (C=O) groups excluding carboxylic acids is 1. The Kier molecular flexibility index (Phi) is 5.53. The fourth-order valence-electron chi connectivity index (χ4n) is 3.28. The summed E-state index contributed by atoms with van der Waals surface area (Å²) in [4.78, 5) is 13.7. The number of ether oxygens (including phenoxy) is 1. The van der Waals surface area contributed by atoms with E-state index in [1.165, 1.54) is 12.1 Å². The molecule has 0 spiro atoms. The van der Waals surface area contributed by atoms with Gasteiger partial charge in [-0.2, -0.15) is 0 Å². The average Bonchev–Trinajstić information content (AvgIpc) is 3.07. The number of carbonyl (C=O) groups is 1. The summed E-state index contributed by atoms with van der Waals surface area (Å²) in [5.74, 6) is 0.711. The third-order valence-electron chi connectivity index (χ3n) is 4.72. The summed E-state index contributed by atoms with van der Waals surface area (Å²) in [7, 11) is -2.15. The van der Waals surface area contributed by atoms with Crippen LogP contribution in [0.1, 0.15) is 36.9 Å². The molecule has 7 heteroatoms. The summed E-state index contributed by atoms with van der Waals surface area (Å²) < 4.78 is 33.6. The molecular formula is C20H24N2O4S. The van der Waals surface area contributed by atoms with Gasteiger partial charge in [0.2, 0.25) is 15.9 Å². The van der Waals surface area contributed by atoms with Gasteiger partial charge in [0.05, 0.1) is 12.0 Å². The molecule has 1 saturated heterocycles. The lowest BCUT2D eigenvalue weighted by Gasteiger charge is -2.19. The number of anilines is 1. The highest BCUT2D eigenvalue weighted by Gasteiger charge is 2.24. The molecule has 1 amide bonds. The molecule has 2 aromatic rings. The molecule has 1 aliphatic heterocycles. The molecule has 0 bridgehead atoms. The number of aryl methyl sites for hydroxylation is 1. The Morgan fingerprint density at radius 3 is 2.44 bits per heavy atom. The fraction of sp³-hybridized carbons (Fsp3) is 0.350. The first-order valence-corrected chi connectivity index (χ1v) is 10.4. The second kappa shape index (κ2) is 7.70. The fourth-order valence-corrected chi connectivity index (χ4v) is 4.51. The van der Waals surface area contributed by atoms with E-state index < -0.39 is 16.1 Å². The molecule has 0 unspecified atom stereocenters. The monoisotopic (exact) mass is 388 g/mol. The van der Waals surface area contributed by atoms with Crippen LogP contribution >= 0.6 is 0 Å². The molecule has 3 rings (SSSR count). The van der Waals surface area contributed by atoms with Crippen LogP contribution in [0.15, 0.2) is 47.4 Å². The number of sulfonamides is 1. The van der Waals surface area contributed by atoms with Gasteiger partial charge in [-0.1, -0.05) is 17.7 Å². The topological polar surface area (TPSA) is 75.7 Å². The lowest BCUT2D eigenvalue weighted by Crippen LogP contribution is -2.27. The number of amides is 1. The molecular weight excluding hydrogens is 364 g/mol. The molecule has 0 aliphatic carbocycles. The van der Waals surface area contributed by atoms with E-state index in [0.717, 1.165) is 23.2 Å². The highest BCUT2D eigenvalue weighted by atomic mass is 32.2. The summed E-state index contributed by atoms with van der Waals surface area (Å²) in [5.41, 5.74) is 2.53. The van der Waals surface area contributed by atoms with E-state index in [0.29, 0.717) is 18.7 Å². The Bertz CT molecular complexity index is 939. The van der Waals surface area contributed by atoms with Crippen LogP contribution in [-0.4, -0.2) is 28.0 Å². The number of hydrogen-bond donors (Lipinski definition) is 1. The molecule has 6 nitrogen and oxygen atoms in total. The second-order valence-electron chi connectivity index (χ2n) is 6.73. The summed E-state index contributed by atoms with van der Waals surface area (Å²) in [6, 6.07) is 11.6. The van der Waals surface area contributed by atoms with E-state index in [1.807, 2.05) is 25.1 Å². The minimum atomic E-state index is -3.71. The number of methoxy groups -OCH3 is 1. The third kappa shape index (κ3) is 4.14. The van der Waals surface area contributed by atoms with Gasteiger partial charge in [-0.3, -0.25) is 4.79 Å². The van der Waals surface area contributed by atoms with Crippen molar-refractivity contribution >= 4 is 21.6 Å². The van der Waals surface area contributed by atoms with Crippen molar-refractivity contribution in [1.29, 1.82) is 0 Å². The quantitative estimate of drug-likeness (QED) is 0.825. The minimum absolute atomic E-state index is 0.0731. The maximum atomic E-state index is 12.8. The zero-order chi connectivity index (χ0) is 19.6. The predicted molar refractivity (Wildman–Crippen MR) is 104 cm³/mol. The summed E-state index contributed by atoms with van der Waals surface area (Å²) in [5, 5.41) is 0. The van der Waals surface area contributed by atoms with E-state index in [1.54, 1.807) is 31.1 Å². The third-order valence-corrected chi connectivity index (χ3v) is 6.27. The molecule has 2 aromatic carbocycles. The van der Waals surface area contributed by atoms with Crippen LogP contribution in [0.4, 0.5) is 5.69 Å². The van der Waals surface area contributed by atoms with E-state index >= 15 is 0 Å². The normalized spacial score (nSPS) is 15.8. The second-order valence-corrected chi connectivity index (χ2v) is 8.45. The molecule has 0 aromatic heterocycles. The van der Waals surface area contributed by atoms with Gasteiger partial charge in [-0.15, -0.1) is 0 Å². The van der Waals surface area contributed by atoms with E-state index in [2.05, 4.69) is 4.72 Å². The largest absolute Gasteiger partial charge is 0.496 e. The number of hydrogen-bond acceptors (Lipinski definition) is 4. The lowest BCUT2D eigenvalue weighted by molar-refractivity contribution is -0.117. The molecule has 1 N–H and O–H groups in total. The highest BCUT2D eigenvalue weighted by Crippen LogP contribution is 2.28. The molecule has 0 saturated carbocycles. The molecule has 1 heterocycles. The van der Waals surface area contributed by atoms with Gasteiger partial charge in [0.25, 0.3) is 0 Å². The molecule has 144 valence electrons. The predicted octanol–water partition coefficient (Wildman–Crippen LogP) is 3.17. The lowest BCUT2D eigenvalue weighted by atomic mass is 10.1. The van der Waals surface area contributed by atoms with E-state index in [9.17, 15) is 13.2 Å². The Morgan fingerprint density at radius 1 is 1.15 bits per heavy atom. The van der Waals surface area contributed by atoms with Crippen LogP contribution in [0, 0.1) is 6.92 Å².